The average Bonchev–Trinajstić information content (AvgIpc) is 2.74. The number of hydrogen-bond acceptors (Lipinski definition) is 5. The SMILES string of the molecule is Oc1ccccc1CN=Nc1nccs1. The minimum atomic E-state index is 0.246. The fourth-order valence-electron chi connectivity index (χ4n) is 1.08. The standard InChI is InChI=1S/C10H9N3OS/c14-9-4-2-1-3-8(9)7-12-13-10-11-5-6-15-10/h1-6,14H,7H2. The summed E-state index contributed by atoms with van der Waals surface area (Å²) < 4.78 is 0. The second-order valence-electron chi connectivity index (χ2n) is 2.84. The van der Waals surface area contributed by atoms with Gasteiger partial charge in [0.05, 0.1) is 6.54 Å². The van der Waals surface area contributed by atoms with Gasteiger partial charge in [0.15, 0.2) is 0 Å². The molecule has 0 aliphatic heterocycles. The summed E-state index contributed by atoms with van der Waals surface area (Å²) in [5, 5.41) is 19.8. The summed E-state index contributed by atoms with van der Waals surface area (Å²) in [7, 11) is 0. The van der Waals surface area contributed by atoms with Crippen molar-refractivity contribution in [1.29, 1.82) is 0 Å². The van der Waals surface area contributed by atoms with Crippen LogP contribution in [0.4, 0.5) is 5.13 Å². The molecule has 0 bridgehead atoms. The number of phenolic OH excluding ortho intramolecular Hbond substituents is 1. The molecule has 0 saturated carbocycles. The number of aromatic hydroxyl groups is 1. The molecule has 0 unspecified atom stereocenters. The van der Waals surface area contributed by atoms with Crippen molar-refractivity contribution in [2.45, 2.75) is 6.54 Å². The van der Waals surface area contributed by atoms with E-state index in [1.807, 2.05) is 17.5 Å². The highest BCUT2D eigenvalue weighted by Gasteiger charge is 1.97. The van der Waals surface area contributed by atoms with Crippen LogP contribution in [0.3, 0.4) is 0 Å². The summed E-state index contributed by atoms with van der Waals surface area (Å²) in [5.41, 5.74) is 0.762. The van der Waals surface area contributed by atoms with Gasteiger partial charge in [-0.2, -0.15) is 5.11 Å². The van der Waals surface area contributed by atoms with E-state index in [4.69, 9.17) is 0 Å². The van der Waals surface area contributed by atoms with E-state index in [0.29, 0.717) is 11.7 Å². The first-order chi connectivity index (χ1) is 7.36. The van der Waals surface area contributed by atoms with Crippen molar-refractivity contribution in [2.75, 3.05) is 0 Å². The van der Waals surface area contributed by atoms with Crippen LogP contribution in [-0.2, 0) is 6.54 Å². The molecule has 4 nitrogen and oxygen atoms in total. The lowest BCUT2D eigenvalue weighted by Crippen LogP contribution is -1.80. The van der Waals surface area contributed by atoms with Gasteiger partial charge in [-0.15, -0.1) is 16.5 Å². The molecule has 76 valence electrons. The Morgan fingerprint density at radius 3 is 2.93 bits per heavy atom. The molecule has 15 heavy (non-hydrogen) atoms. The molecule has 0 amide bonds. The highest BCUT2D eigenvalue weighted by atomic mass is 32.1. The quantitative estimate of drug-likeness (QED) is 0.806. The molecule has 1 heterocycles. The van der Waals surface area contributed by atoms with Crippen molar-refractivity contribution in [3.05, 3.63) is 41.4 Å². The van der Waals surface area contributed by atoms with Crippen molar-refractivity contribution in [2.24, 2.45) is 10.2 Å². The van der Waals surface area contributed by atoms with E-state index in [0.717, 1.165) is 5.56 Å². The lowest BCUT2D eigenvalue weighted by molar-refractivity contribution is 0.468. The van der Waals surface area contributed by atoms with Crippen LogP contribution in [0.5, 0.6) is 5.75 Å². The number of phenols is 1. The number of hydrogen-bond donors (Lipinski definition) is 1. The van der Waals surface area contributed by atoms with Crippen LogP contribution in [0.15, 0.2) is 46.1 Å². The lowest BCUT2D eigenvalue weighted by Gasteiger charge is -1.97. The Labute approximate surface area is 91.0 Å². The zero-order valence-electron chi connectivity index (χ0n) is 7.87. The molecule has 0 aliphatic rings. The number of azo groups is 1. The molecule has 2 aromatic rings. The van der Waals surface area contributed by atoms with Crippen molar-refractivity contribution < 1.29 is 5.11 Å². The van der Waals surface area contributed by atoms with Crippen LogP contribution in [0.25, 0.3) is 0 Å². The van der Waals surface area contributed by atoms with E-state index in [9.17, 15) is 5.11 Å². The Hall–Kier alpha value is -1.75. The maximum absolute atomic E-state index is 9.45. The van der Waals surface area contributed by atoms with Crippen LogP contribution < -0.4 is 0 Å². The monoisotopic (exact) mass is 219 g/mol. The van der Waals surface area contributed by atoms with Crippen LogP contribution in [-0.4, -0.2) is 10.1 Å². The van der Waals surface area contributed by atoms with Crippen molar-refractivity contribution in [1.82, 2.24) is 4.98 Å². The molecular formula is C10H9N3OS. The smallest absolute Gasteiger partial charge is 0.229 e. The van der Waals surface area contributed by atoms with Crippen LogP contribution >= 0.6 is 11.3 Å². The van der Waals surface area contributed by atoms with Gasteiger partial charge in [-0.25, -0.2) is 4.98 Å². The highest BCUT2D eigenvalue weighted by molar-refractivity contribution is 7.13. The van der Waals surface area contributed by atoms with Gasteiger partial charge in [-0.3, -0.25) is 0 Å². The Kier molecular flexibility index (Phi) is 3.04. The fourth-order valence-corrected chi connectivity index (χ4v) is 1.55. The summed E-state index contributed by atoms with van der Waals surface area (Å²) in [5.74, 6) is 0.246. The van der Waals surface area contributed by atoms with E-state index in [2.05, 4.69) is 15.2 Å². The highest BCUT2D eigenvalue weighted by Crippen LogP contribution is 2.19. The van der Waals surface area contributed by atoms with Crippen molar-refractivity contribution in [3.8, 4) is 5.75 Å². The molecule has 2 rings (SSSR count). The van der Waals surface area contributed by atoms with Gasteiger partial charge in [0.2, 0.25) is 5.13 Å². The second kappa shape index (κ2) is 4.65. The van der Waals surface area contributed by atoms with Gasteiger partial charge in [0.1, 0.15) is 5.75 Å². The first-order valence-corrected chi connectivity index (χ1v) is 5.28. The number of benzene rings is 1. The molecule has 0 saturated heterocycles. The van der Waals surface area contributed by atoms with Gasteiger partial charge in [0.25, 0.3) is 0 Å². The number of thiazole rings is 1. The molecular weight excluding hydrogens is 210 g/mol. The Balaban J connectivity index is 2.02. The van der Waals surface area contributed by atoms with Gasteiger partial charge in [-0.1, -0.05) is 18.2 Å². The summed E-state index contributed by atoms with van der Waals surface area (Å²) in [6, 6.07) is 7.08. The van der Waals surface area contributed by atoms with E-state index in [1.54, 1.807) is 18.3 Å². The Morgan fingerprint density at radius 1 is 1.33 bits per heavy atom. The maximum atomic E-state index is 9.45. The third kappa shape index (κ3) is 2.60. The summed E-state index contributed by atoms with van der Waals surface area (Å²) >= 11 is 1.43. The third-order valence-electron chi connectivity index (χ3n) is 1.81. The number of nitrogens with zero attached hydrogens (tertiary/aromatic N) is 3. The van der Waals surface area contributed by atoms with E-state index < -0.39 is 0 Å². The molecule has 5 heteroatoms. The first-order valence-electron chi connectivity index (χ1n) is 4.40. The second-order valence-corrected chi connectivity index (χ2v) is 3.72. The third-order valence-corrected chi connectivity index (χ3v) is 2.46. The average molecular weight is 219 g/mol. The molecule has 0 aliphatic carbocycles. The number of aromatic nitrogens is 1. The number of para-hydroxylation sites is 1. The molecule has 0 radical (unpaired) electrons. The maximum Gasteiger partial charge on any atom is 0.229 e. The molecule has 0 spiro atoms. The lowest BCUT2D eigenvalue weighted by atomic mass is 10.2. The summed E-state index contributed by atoms with van der Waals surface area (Å²) in [6.45, 7) is 0.367. The molecule has 0 fully saturated rings. The zero-order valence-corrected chi connectivity index (χ0v) is 8.68. The fraction of sp³-hybridized carbons (Fsp3) is 0.100. The summed E-state index contributed by atoms with van der Waals surface area (Å²) in [4.78, 5) is 3.97. The van der Waals surface area contributed by atoms with Gasteiger partial charge in [0, 0.05) is 17.1 Å². The zero-order chi connectivity index (χ0) is 10.5. The van der Waals surface area contributed by atoms with E-state index in [1.165, 1.54) is 11.3 Å². The minimum Gasteiger partial charge on any atom is -0.508 e. The minimum absolute atomic E-state index is 0.246. The normalized spacial score (nSPS) is 10.9. The molecule has 0 atom stereocenters. The van der Waals surface area contributed by atoms with E-state index in [-0.39, 0.29) is 5.75 Å². The number of rotatable bonds is 3. The van der Waals surface area contributed by atoms with Crippen molar-refractivity contribution >= 4 is 16.5 Å². The topological polar surface area (TPSA) is 57.8 Å². The van der Waals surface area contributed by atoms with Crippen LogP contribution in [0, 0.1) is 0 Å². The largest absolute Gasteiger partial charge is 0.508 e. The van der Waals surface area contributed by atoms with Gasteiger partial charge < -0.3 is 5.11 Å². The molecule has 1 aromatic carbocycles. The van der Waals surface area contributed by atoms with Gasteiger partial charge in [-0.05, 0) is 6.07 Å². The predicted molar refractivity (Wildman–Crippen MR) is 58.4 cm³/mol. The molecule has 1 N–H and O–H groups in total. The van der Waals surface area contributed by atoms with Crippen LogP contribution in [0.1, 0.15) is 5.56 Å². The Bertz CT molecular complexity index is 453. The molecule has 1 aromatic heterocycles. The summed E-state index contributed by atoms with van der Waals surface area (Å²) in [6.07, 6.45) is 1.68. The Morgan fingerprint density at radius 2 is 2.20 bits per heavy atom. The van der Waals surface area contributed by atoms with Crippen LogP contribution in [0.2, 0.25) is 0 Å². The predicted octanol–water partition coefficient (Wildman–Crippen LogP) is 3.13. The van der Waals surface area contributed by atoms with Gasteiger partial charge >= 0.3 is 0 Å². The first kappa shape index (κ1) is 9.79. The van der Waals surface area contributed by atoms with E-state index >= 15 is 0 Å². The van der Waals surface area contributed by atoms with Crippen molar-refractivity contribution in [3.63, 3.8) is 0 Å².